The molecular weight excluding hydrogens is 216 g/mol. The lowest BCUT2D eigenvalue weighted by Crippen LogP contribution is -2.70. The molecule has 100 valence electrons. The lowest BCUT2D eigenvalue weighted by molar-refractivity contribution is -0.139. The van der Waals surface area contributed by atoms with E-state index in [1.165, 1.54) is 25.7 Å². The Bertz CT molecular complexity index is 240. The highest BCUT2D eigenvalue weighted by Gasteiger charge is 2.39. The average molecular weight is 242 g/mol. The second-order valence-electron chi connectivity index (χ2n) is 5.35. The number of nitrogens with one attached hydrogen (secondary N) is 2. The van der Waals surface area contributed by atoms with Gasteiger partial charge in [0.05, 0.1) is 12.0 Å². The van der Waals surface area contributed by atoms with Gasteiger partial charge in [-0.05, 0) is 13.3 Å². The molecule has 1 aliphatic rings. The number of unbranched alkanes of at least 4 members (excludes halogenated alkanes) is 3. The van der Waals surface area contributed by atoms with E-state index in [1.807, 2.05) is 0 Å². The summed E-state index contributed by atoms with van der Waals surface area (Å²) in [5, 5.41) is 15.6. The maximum Gasteiger partial charge on any atom is 0.305 e. The van der Waals surface area contributed by atoms with Gasteiger partial charge in [0, 0.05) is 19.1 Å². The number of carboxylic acids is 1. The zero-order valence-corrected chi connectivity index (χ0v) is 11.1. The molecule has 0 bridgehead atoms. The smallest absolute Gasteiger partial charge is 0.305 e. The summed E-state index contributed by atoms with van der Waals surface area (Å²) in [5.41, 5.74) is -0.198. The van der Waals surface area contributed by atoms with Crippen molar-refractivity contribution in [3.8, 4) is 0 Å². The molecule has 0 amide bonds. The standard InChI is InChI=1S/C13H26N2O2/c1-3-4-5-6-7-11(2)15-13(8-12(16)17)9-14-10-13/h11,14-15H,3-10H2,1-2H3,(H,16,17). The second kappa shape index (κ2) is 6.97. The third-order valence-electron chi connectivity index (χ3n) is 3.46. The lowest BCUT2D eigenvalue weighted by Gasteiger charge is -2.44. The molecule has 0 spiro atoms. The molecule has 1 aliphatic heterocycles. The Hall–Kier alpha value is -0.610. The summed E-state index contributed by atoms with van der Waals surface area (Å²) >= 11 is 0. The highest BCUT2D eigenvalue weighted by Crippen LogP contribution is 2.18. The van der Waals surface area contributed by atoms with Gasteiger partial charge in [-0.15, -0.1) is 0 Å². The molecule has 1 rings (SSSR count). The van der Waals surface area contributed by atoms with Crippen molar-refractivity contribution in [3.05, 3.63) is 0 Å². The van der Waals surface area contributed by atoms with Crippen LogP contribution in [0.2, 0.25) is 0 Å². The number of carbonyl (C=O) groups is 1. The van der Waals surface area contributed by atoms with Crippen LogP contribution in [0, 0.1) is 0 Å². The first kappa shape index (κ1) is 14.5. The minimum absolute atomic E-state index is 0.198. The molecule has 1 fully saturated rings. The third kappa shape index (κ3) is 5.04. The van der Waals surface area contributed by atoms with Gasteiger partial charge in [-0.2, -0.15) is 0 Å². The predicted octanol–water partition coefficient (Wildman–Crippen LogP) is 1.75. The van der Waals surface area contributed by atoms with Crippen LogP contribution in [-0.2, 0) is 4.79 Å². The first-order chi connectivity index (χ1) is 8.08. The Morgan fingerprint density at radius 2 is 2.12 bits per heavy atom. The zero-order valence-electron chi connectivity index (χ0n) is 11.1. The molecule has 4 heteroatoms. The topological polar surface area (TPSA) is 61.4 Å². The van der Waals surface area contributed by atoms with E-state index in [9.17, 15) is 4.79 Å². The largest absolute Gasteiger partial charge is 0.481 e. The Labute approximate surface area is 104 Å². The molecule has 0 saturated carbocycles. The third-order valence-corrected chi connectivity index (χ3v) is 3.46. The van der Waals surface area contributed by atoms with E-state index in [2.05, 4.69) is 24.5 Å². The number of aliphatic carboxylic acids is 1. The van der Waals surface area contributed by atoms with Crippen molar-refractivity contribution in [1.29, 1.82) is 0 Å². The van der Waals surface area contributed by atoms with E-state index < -0.39 is 5.97 Å². The SMILES string of the molecule is CCCCCCC(C)NC1(CC(=O)O)CNC1. The molecule has 1 unspecified atom stereocenters. The van der Waals surface area contributed by atoms with Crippen LogP contribution in [0.5, 0.6) is 0 Å². The van der Waals surface area contributed by atoms with Crippen LogP contribution >= 0.6 is 0 Å². The van der Waals surface area contributed by atoms with E-state index in [0.29, 0.717) is 6.04 Å². The fraction of sp³-hybridized carbons (Fsp3) is 0.923. The summed E-state index contributed by atoms with van der Waals surface area (Å²) in [7, 11) is 0. The summed E-state index contributed by atoms with van der Waals surface area (Å²) < 4.78 is 0. The highest BCUT2D eigenvalue weighted by molar-refractivity contribution is 5.68. The molecule has 1 heterocycles. The van der Waals surface area contributed by atoms with Gasteiger partial charge in [-0.1, -0.05) is 32.6 Å². The van der Waals surface area contributed by atoms with Gasteiger partial charge in [0.2, 0.25) is 0 Å². The second-order valence-corrected chi connectivity index (χ2v) is 5.35. The summed E-state index contributed by atoms with van der Waals surface area (Å²) in [6, 6.07) is 0.410. The van der Waals surface area contributed by atoms with Crippen LogP contribution in [0.3, 0.4) is 0 Å². The normalized spacial score (nSPS) is 19.6. The van der Waals surface area contributed by atoms with Crippen molar-refractivity contribution in [2.45, 2.75) is 64.0 Å². The molecule has 3 N–H and O–H groups in total. The summed E-state index contributed by atoms with van der Waals surface area (Å²) in [6.45, 7) is 5.93. The van der Waals surface area contributed by atoms with Gasteiger partial charge in [0.1, 0.15) is 0 Å². The van der Waals surface area contributed by atoms with Crippen LogP contribution in [0.4, 0.5) is 0 Å². The summed E-state index contributed by atoms with van der Waals surface area (Å²) in [6.07, 6.45) is 6.44. The number of rotatable bonds is 9. The van der Waals surface area contributed by atoms with E-state index >= 15 is 0 Å². The van der Waals surface area contributed by atoms with Gasteiger partial charge in [-0.3, -0.25) is 4.79 Å². The van der Waals surface area contributed by atoms with Gasteiger partial charge in [0.25, 0.3) is 0 Å². The fourth-order valence-electron chi connectivity index (χ4n) is 2.47. The van der Waals surface area contributed by atoms with Gasteiger partial charge in [0.15, 0.2) is 0 Å². The minimum Gasteiger partial charge on any atom is -0.481 e. The summed E-state index contributed by atoms with van der Waals surface area (Å²) in [5.74, 6) is -0.711. The summed E-state index contributed by atoms with van der Waals surface area (Å²) in [4.78, 5) is 10.8. The maximum absolute atomic E-state index is 10.8. The highest BCUT2D eigenvalue weighted by atomic mass is 16.4. The molecule has 0 aliphatic carbocycles. The van der Waals surface area contributed by atoms with Crippen LogP contribution in [0.1, 0.15) is 52.4 Å². The molecule has 0 aromatic carbocycles. The lowest BCUT2D eigenvalue weighted by atomic mass is 9.87. The minimum atomic E-state index is -0.711. The van der Waals surface area contributed by atoms with Crippen molar-refractivity contribution in [2.24, 2.45) is 0 Å². The number of hydrogen-bond acceptors (Lipinski definition) is 3. The molecular formula is C13H26N2O2. The Balaban J connectivity index is 2.23. The molecule has 0 aromatic rings. The molecule has 1 saturated heterocycles. The fourth-order valence-corrected chi connectivity index (χ4v) is 2.47. The van der Waals surface area contributed by atoms with Crippen molar-refractivity contribution >= 4 is 5.97 Å². The van der Waals surface area contributed by atoms with E-state index in [1.54, 1.807) is 0 Å². The molecule has 0 radical (unpaired) electrons. The number of hydrogen-bond donors (Lipinski definition) is 3. The molecule has 4 nitrogen and oxygen atoms in total. The molecule has 1 atom stereocenters. The monoisotopic (exact) mass is 242 g/mol. The molecule has 0 aromatic heterocycles. The quantitative estimate of drug-likeness (QED) is 0.539. The van der Waals surface area contributed by atoms with Crippen LogP contribution < -0.4 is 10.6 Å². The Morgan fingerprint density at radius 3 is 2.59 bits per heavy atom. The van der Waals surface area contributed by atoms with Crippen molar-refractivity contribution in [1.82, 2.24) is 10.6 Å². The van der Waals surface area contributed by atoms with Gasteiger partial charge < -0.3 is 15.7 Å². The van der Waals surface area contributed by atoms with E-state index in [-0.39, 0.29) is 12.0 Å². The predicted molar refractivity (Wildman–Crippen MR) is 69.2 cm³/mol. The van der Waals surface area contributed by atoms with Gasteiger partial charge in [-0.25, -0.2) is 0 Å². The van der Waals surface area contributed by atoms with Crippen LogP contribution in [-0.4, -0.2) is 35.7 Å². The van der Waals surface area contributed by atoms with Crippen molar-refractivity contribution in [3.63, 3.8) is 0 Å². The molecule has 17 heavy (non-hydrogen) atoms. The maximum atomic E-state index is 10.8. The average Bonchev–Trinajstić information content (AvgIpc) is 2.20. The van der Waals surface area contributed by atoms with Crippen molar-refractivity contribution < 1.29 is 9.90 Å². The van der Waals surface area contributed by atoms with Crippen LogP contribution in [0.25, 0.3) is 0 Å². The first-order valence-electron chi connectivity index (χ1n) is 6.78. The zero-order chi connectivity index (χ0) is 12.7. The number of carboxylic acid groups (broad SMARTS) is 1. The van der Waals surface area contributed by atoms with Crippen LogP contribution in [0.15, 0.2) is 0 Å². The van der Waals surface area contributed by atoms with E-state index in [4.69, 9.17) is 5.11 Å². The van der Waals surface area contributed by atoms with Crippen molar-refractivity contribution in [2.75, 3.05) is 13.1 Å². The van der Waals surface area contributed by atoms with E-state index in [0.717, 1.165) is 19.5 Å². The first-order valence-corrected chi connectivity index (χ1v) is 6.78. The Kier molecular flexibility index (Phi) is 5.92. The Morgan fingerprint density at radius 1 is 1.41 bits per heavy atom. The van der Waals surface area contributed by atoms with Gasteiger partial charge >= 0.3 is 5.97 Å².